The molecule has 0 saturated heterocycles. The van der Waals surface area contributed by atoms with Crippen molar-refractivity contribution in [2.75, 3.05) is 7.05 Å². The molecule has 0 saturated carbocycles. The molecule has 0 bridgehead atoms. The van der Waals surface area contributed by atoms with Gasteiger partial charge in [0, 0.05) is 11.9 Å². The van der Waals surface area contributed by atoms with Crippen LogP contribution in [-0.2, 0) is 10.0 Å². The van der Waals surface area contributed by atoms with Crippen molar-refractivity contribution in [2.45, 2.75) is 17.9 Å². The van der Waals surface area contributed by atoms with Crippen molar-refractivity contribution in [3.63, 3.8) is 0 Å². The first kappa shape index (κ1) is 15.8. The molecule has 1 aromatic carbocycles. The van der Waals surface area contributed by atoms with Gasteiger partial charge in [0.1, 0.15) is 6.33 Å². The Balaban J connectivity index is 1.95. The molecule has 2 heterocycles. The topological polar surface area (TPSA) is 81.0 Å². The fourth-order valence-corrected chi connectivity index (χ4v) is 4.42. The van der Waals surface area contributed by atoms with E-state index in [2.05, 4.69) is 15.5 Å². The van der Waals surface area contributed by atoms with Crippen LogP contribution in [0.5, 0.6) is 0 Å². The number of tetrazole rings is 1. The Morgan fingerprint density at radius 1 is 1.26 bits per heavy atom. The SMILES string of the molecule is C[C@H](c1cccs1)N(C)S(=O)(=O)c1cccc(-n2cnnn2)c1. The number of aromatic nitrogens is 4. The van der Waals surface area contributed by atoms with E-state index >= 15 is 0 Å². The Hall–Kier alpha value is -2.10. The van der Waals surface area contributed by atoms with Crippen molar-refractivity contribution >= 4 is 21.4 Å². The van der Waals surface area contributed by atoms with Crippen LogP contribution in [0.25, 0.3) is 5.69 Å². The lowest BCUT2D eigenvalue weighted by molar-refractivity contribution is 0.403. The average molecular weight is 349 g/mol. The van der Waals surface area contributed by atoms with Crippen LogP contribution in [0.15, 0.2) is 53.0 Å². The third-order valence-electron chi connectivity index (χ3n) is 3.61. The third kappa shape index (κ3) is 3.03. The number of rotatable bonds is 5. The second-order valence-corrected chi connectivity index (χ2v) is 7.94. The normalized spacial score (nSPS) is 13.3. The highest BCUT2D eigenvalue weighted by atomic mass is 32.2. The maximum absolute atomic E-state index is 12.9. The standard InChI is InChI=1S/C14H15N5O2S2/c1-11(14-7-4-8-22-14)18(2)23(20,21)13-6-3-5-12(9-13)19-10-15-16-17-19/h3-11H,1-2H3/t11-/m1/s1. The lowest BCUT2D eigenvalue weighted by Crippen LogP contribution is -2.29. The van der Waals surface area contributed by atoms with Crippen LogP contribution < -0.4 is 0 Å². The van der Waals surface area contributed by atoms with Crippen LogP contribution in [0.3, 0.4) is 0 Å². The Labute approximate surface area is 138 Å². The van der Waals surface area contributed by atoms with Gasteiger partial charge in [0.25, 0.3) is 0 Å². The second kappa shape index (κ2) is 6.19. The van der Waals surface area contributed by atoms with Gasteiger partial charge >= 0.3 is 0 Å². The smallest absolute Gasteiger partial charge is 0.207 e. The van der Waals surface area contributed by atoms with Crippen LogP contribution in [0, 0.1) is 0 Å². The number of hydrogen-bond acceptors (Lipinski definition) is 6. The van der Waals surface area contributed by atoms with Crippen LogP contribution in [0.4, 0.5) is 0 Å². The van der Waals surface area contributed by atoms with Gasteiger partial charge in [-0.25, -0.2) is 13.1 Å². The van der Waals surface area contributed by atoms with Crippen LogP contribution >= 0.6 is 11.3 Å². The van der Waals surface area contributed by atoms with E-state index < -0.39 is 10.0 Å². The zero-order valence-corrected chi connectivity index (χ0v) is 14.2. The number of sulfonamides is 1. The van der Waals surface area contributed by atoms with Crippen LogP contribution in [-0.4, -0.2) is 40.0 Å². The number of benzene rings is 1. The zero-order chi connectivity index (χ0) is 16.4. The molecule has 0 aliphatic carbocycles. The lowest BCUT2D eigenvalue weighted by Gasteiger charge is -2.23. The summed E-state index contributed by atoms with van der Waals surface area (Å²) in [4.78, 5) is 1.20. The van der Waals surface area contributed by atoms with Gasteiger partial charge in [-0.05, 0) is 47.0 Å². The summed E-state index contributed by atoms with van der Waals surface area (Å²) >= 11 is 1.54. The van der Waals surface area contributed by atoms with Crippen LogP contribution in [0.1, 0.15) is 17.8 Å². The molecule has 0 radical (unpaired) electrons. The minimum absolute atomic E-state index is 0.205. The van der Waals surface area contributed by atoms with E-state index in [1.165, 1.54) is 26.7 Å². The van der Waals surface area contributed by atoms with Gasteiger partial charge in [-0.2, -0.15) is 4.31 Å². The Bertz CT molecular complexity index is 876. The van der Waals surface area contributed by atoms with Crippen LogP contribution in [0.2, 0.25) is 0 Å². The van der Waals surface area contributed by atoms with Crippen molar-refractivity contribution in [3.05, 3.63) is 53.0 Å². The summed E-state index contributed by atoms with van der Waals surface area (Å²) in [5, 5.41) is 12.8. The summed E-state index contributed by atoms with van der Waals surface area (Å²) in [5.74, 6) is 0. The van der Waals surface area contributed by atoms with E-state index in [0.717, 1.165) is 4.88 Å². The Morgan fingerprint density at radius 2 is 2.09 bits per heavy atom. The number of nitrogens with zero attached hydrogens (tertiary/aromatic N) is 5. The molecule has 7 nitrogen and oxygen atoms in total. The molecule has 0 N–H and O–H groups in total. The maximum Gasteiger partial charge on any atom is 0.243 e. The van der Waals surface area contributed by atoms with Crippen molar-refractivity contribution in [3.8, 4) is 5.69 Å². The molecule has 120 valence electrons. The highest BCUT2D eigenvalue weighted by molar-refractivity contribution is 7.89. The summed E-state index contributed by atoms with van der Waals surface area (Å²) in [7, 11) is -2.03. The molecule has 9 heteroatoms. The first-order valence-corrected chi connectivity index (χ1v) is 9.17. The summed E-state index contributed by atoms with van der Waals surface area (Å²) < 4.78 is 28.5. The number of hydrogen-bond donors (Lipinski definition) is 0. The quantitative estimate of drug-likeness (QED) is 0.705. The lowest BCUT2D eigenvalue weighted by atomic mass is 10.3. The molecule has 2 aromatic heterocycles. The molecule has 3 rings (SSSR count). The van der Waals surface area contributed by atoms with Crippen molar-refractivity contribution in [2.24, 2.45) is 0 Å². The van der Waals surface area contributed by atoms with E-state index in [1.54, 1.807) is 31.3 Å². The van der Waals surface area contributed by atoms with E-state index in [1.807, 2.05) is 24.4 Å². The van der Waals surface area contributed by atoms with Gasteiger partial charge < -0.3 is 0 Å². The van der Waals surface area contributed by atoms with Crippen molar-refractivity contribution in [1.82, 2.24) is 24.5 Å². The molecule has 23 heavy (non-hydrogen) atoms. The predicted molar refractivity (Wildman–Crippen MR) is 86.8 cm³/mol. The zero-order valence-electron chi connectivity index (χ0n) is 12.6. The highest BCUT2D eigenvalue weighted by Gasteiger charge is 2.27. The largest absolute Gasteiger partial charge is 0.243 e. The Kier molecular flexibility index (Phi) is 4.24. The van der Waals surface area contributed by atoms with E-state index in [-0.39, 0.29) is 10.9 Å². The van der Waals surface area contributed by atoms with Gasteiger partial charge in [0.05, 0.1) is 16.6 Å². The van der Waals surface area contributed by atoms with E-state index in [0.29, 0.717) is 5.69 Å². The third-order valence-corrected chi connectivity index (χ3v) is 6.58. The minimum atomic E-state index is -3.62. The summed E-state index contributed by atoms with van der Waals surface area (Å²) in [5.41, 5.74) is 0.591. The van der Waals surface area contributed by atoms with Gasteiger partial charge in [0.2, 0.25) is 10.0 Å². The summed E-state index contributed by atoms with van der Waals surface area (Å²) in [6, 6.07) is 10.2. The minimum Gasteiger partial charge on any atom is -0.207 e. The molecule has 0 unspecified atom stereocenters. The van der Waals surface area contributed by atoms with Crippen molar-refractivity contribution < 1.29 is 8.42 Å². The molecule has 1 atom stereocenters. The predicted octanol–water partition coefficient (Wildman–Crippen LogP) is 2.11. The summed E-state index contributed by atoms with van der Waals surface area (Å²) in [6.07, 6.45) is 1.42. The summed E-state index contributed by atoms with van der Waals surface area (Å²) in [6.45, 7) is 1.87. The second-order valence-electron chi connectivity index (χ2n) is 4.96. The Morgan fingerprint density at radius 3 is 2.74 bits per heavy atom. The molecule has 0 aliphatic heterocycles. The molecule has 0 aliphatic rings. The average Bonchev–Trinajstić information content (AvgIpc) is 3.26. The first-order chi connectivity index (χ1) is 11.0. The first-order valence-electron chi connectivity index (χ1n) is 6.85. The molecule has 3 aromatic rings. The van der Waals surface area contributed by atoms with Gasteiger partial charge in [-0.15, -0.1) is 16.4 Å². The fraction of sp³-hybridized carbons (Fsp3) is 0.214. The monoisotopic (exact) mass is 349 g/mol. The fourth-order valence-electron chi connectivity index (χ4n) is 2.15. The molecular weight excluding hydrogens is 334 g/mol. The van der Waals surface area contributed by atoms with E-state index in [4.69, 9.17) is 0 Å². The molecule has 0 fully saturated rings. The molecular formula is C14H15N5O2S2. The molecule has 0 spiro atoms. The van der Waals surface area contributed by atoms with Gasteiger partial charge in [-0.3, -0.25) is 0 Å². The van der Waals surface area contributed by atoms with Gasteiger partial charge in [0.15, 0.2) is 0 Å². The maximum atomic E-state index is 12.9. The van der Waals surface area contributed by atoms with E-state index in [9.17, 15) is 8.42 Å². The molecule has 0 amide bonds. The number of thiophene rings is 1. The van der Waals surface area contributed by atoms with Gasteiger partial charge in [-0.1, -0.05) is 12.1 Å². The highest BCUT2D eigenvalue weighted by Crippen LogP contribution is 2.28. The van der Waals surface area contributed by atoms with Crippen molar-refractivity contribution in [1.29, 1.82) is 0 Å².